The molecular weight excluding hydrogens is 404 g/mol. The summed E-state index contributed by atoms with van der Waals surface area (Å²) in [5, 5.41) is 3.61. The van der Waals surface area contributed by atoms with Gasteiger partial charge < -0.3 is 9.88 Å². The molecule has 1 N–H and O–H groups in total. The molecule has 3 heterocycles. The molecule has 2 aromatic rings. The largest absolute Gasteiger partial charge is 0.324 e. The van der Waals surface area contributed by atoms with Crippen molar-refractivity contribution < 1.29 is 0 Å². The van der Waals surface area contributed by atoms with E-state index in [4.69, 9.17) is 4.98 Å². The Balaban J connectivity index is 0.00000231. The molecule has 31 heavy (non-hydrogen) atoms. The third-order valence-electron chi connectivity index (χ3n) is 8.31. The number of nitrogens with zero attached hydrogens (tertiary/aromatic N) is 3. The van der Waals surface area contributed by atoms with Gasteiger partial charge in [0.25, 0.3) is 0 Å². The second-order valence-electron chi connectivity index (χ2n) is 10.4. The van der Waals surface area contributed by atoms with Crippen LogP contribution in [-0.4, -0.2) is 46.2 Å². The molecule has 4 nitrogen and oxygen atoms in total. The Hall–Kier alpha value is -1.10. The summed E-state index contributed by atoms with van der Waals surface area (Å²) in [5.74, 6) is 1.91. The lowest BCUT2D eigenvalue weighted by molar-refractivity contribution is 0.0435. The highest BCUT2D eigenvalue weighted by Gasteiger charge is 2.36. The zero-order valence-electron chi connectivity index (χ0n) is 19.3. The summed E-state index contributed by atoms with van der Waals surface area (Å²) in [7, 11) is 0. The van der Waals surface area contributed by atoms with E-state index in [2.05, 4.69) is 46.0 Å². The molecule has 5 rings (SSSR count). The van der Waals surface area contributed by atoms with E-state index in [1.165, 1.54) is 101 Å². The van der Waals surface area contributed by atoms with E-state index in [9.17, 15) is 0 Å². The third-order valence-corrected chi connectivity index (χ3v) is 8.31. The topological polar surface area (TPSA) is 33.1 Å². The van der Waals surface area contributed by atoms with Crippen LogP contribution in [0.5, 0.6) is 0 Å². The molecular formula is C26H41ClN4. The van der Waals surface area contributed by atoms with Crippen molar-refractivity contribution in [1.82, 2.24) is 19.8 Å². The maximum atomic E-state index is 5.17. The summed E-state index contributed by atoms with van der Waals surface area (Å²) >= 11 is 0. The fourth-order valence-corrected chi connectivity index (χ4v) is 6.45. The van der Waals surface area contributed by atoms with Crippen LogP contribution >= 0.6 is 12.4 Å². The summed E-state index contributed by atoms with van der Waals surface area (Å²) in [6.07, 6.45) is 15.0. The standard InChI is InChI=1S/C26H40N4.ClH/c1-26(15-7-3-2-4-8-16-26)29-18-13-22(14-19-29)30-24-12-6-5-11-23(24)28-25(30)21-10-9-17-27-20-21;/h5-6,11-12,21-22,27H,2-4,7-10,13-20H2,1H3;1H/t21-;/m1./s1. The molecule has 0 unspecified atom stereocenters. The second kappa shape index (κ2) is 10.2. The number of benzene rings is 1. The first-order valence-electron chi connectivity index (χ1n) is 12.7. The molecule has 0 spiro atoms. The molecule has 1 saturated carbocycles. The molecule has 2 saturated heterocycles. The minimum atomic E-state index is 0. The van der Waals surface area contributed by atoms with Crippen LogP contribution in [-0.2, 0) is 0 Å². The van der Waals surface area contributed by atoms with E-state index in [1.54, 1.807) is 0 Å². The molecule has 0 amide bonds. The van der Waals surface area contributed by atoms with E-state index >= 15 is 0 Å². The fourth-order valence-electron chi connectivity index (χ4n) is 6.45. The quantitative estimate of drug-likeness (QED) is 0.624. The van der Waals surface area contributed by atoms with Crippen molar-refractivity contribution in [2.45, 2.75) is 95.1 Å². The number of nitrogens with one attached hydrogen (secondary N) is 1. The number of fused-ring (bicyclic) bond motifs is 1. The number of piperidine rings is 2. The second-order valence-corrected chi connectivity index (χ2v) is 10.4. The number of hydrogen-bond donors (Lipinski definition) is 1. The van der Waals surface area contributed by atoms with E-state index < -0.39 is 0 Å². The molecule has 0 radical (unpaired) electrons. The first-order valence-corrected chi connectivity index (χ1v) is 12.7. The monoisotopic (exact) mass is 444 g/mol. The van der Waals surface area contributed by atoms with E-state index in [0.29, 0.717) is 17.5 Å². The summed E-state index contributed by atoms with van der Waals surface area (Å²) in [6.45, 7) is 7.30. The molecule has 3 aliphatic rings. The van der Waals surface area contributed by atoms with Gasteiger partial charge in [0, 0.05) is 37.1 Å². The number of aromatic nitrogens is 2. The van der Waals surface area contributed by atoms with Gasteiger partial charge in [-0.15, -0.1) is 12.4 Å². The summed E-state index contributed by atoms with van der Waals surface area (Å²) in [4.78, 5) is 8.02. The minimum Gasteiger partial charge on any atom is -0.324 e. The van der Waals surface area contributed by atoms with Crippen LogP contribution in [0, 0.1) is 0 Å². The molecule has 1 aliphatic carbocycles. The molecule has 0 bridgehead atoms. The van der Waals surface area contributed by atoms with Gasteiger partial charge in [0.1, 0.15) is 5.82 Å². The molecule has 3 fully saturated rings. The predicted molar refractivity (Wildman–Crippen MR) is 132 cm³/mol. The van der Waals surface area contributed by atoms with Gasteiger partial charge in [0.15, 0.2) is 0 Å². The van der Waals surface area contributed by atoms with Crippen molar-refractivity contribution in [3.05, 3.63) is 30.1 Å². The van der Waals surface area contributed by atoms with Crippen LogP contribution < -0.4 is 5.32 Å². The lowest BCUT2D eigenvalue weighted by Gasteiger charge is -2.46. The number of imidazole rings is 1. The number of halogens is 1. The Kier molecular flexibility index (Phi) is 7.61. The first-order chi connectivity index (χ1) is 14.7. The van der Waals surface area contributed by atoms with Gasteiger partial charge in [-0.05, 0) is 64.1 Å². The van der Waals surface area contributed by atoms with E-state index in [1.807, 2.05) is 0 Å². The van der Waals surface area contributed by atoms with Crippen LogP contribution in [0.4, 0.5) is 0 Å². The van der Waals surface area contributed by atoms with Crippen molar-refractivity contribution in [2.24, 2.45) is 0 Å². The number of rotatable bonds is 3. The van der Waals surface area contributed by atoms with Crippen molar-refractivity contribution in [2.75, 3.05) is 26.2 Å². The summed E-state index contributed by atoms with van der Waals surface area (Å²) < 4.78 is 2.66. The summed E-state index contributed by atoms with van der Waals surface area (Å²) in [6, 6.07) is 9.43. The molecule has 1 aromatic carbocycles. The SMILES string of the molecule is CC1(N2CCC(n3c([C@@H]4CCCNC4)nc4ccccc43)CC2)CCCCCCC1.Cl. The molecule has 5 heteroatoms. The van der Waals surface area contributed by atoms with Crippen LogP contribution in [0.15, 0.2) is 24.3 Å². The Labute approximate surface area is 194 Å². The Morgan fingerprint density at radius 1 is 0.935 bits per heavy atom. The molecule has 2 aliphatic heterocycles. The molecule has 1 atom stereocenters. The molecule has 172 valence electrons. The van der Waals surface area contributed by atoms with Gasteiger partial charge in [-0.3, -0.25) is 4.90 Å². The van der Waals surface area contributed by atoms with Gasteiger partial charge in [-0.25, -0.2) is 4.98 Å². The van der Waals surface area contributed by atoms with Gasteiger partial charge in [0.2, 0.25) is 0 Å². The smallest absolute Gasteiger partial charge is 0.114 e. The highest BCUT2D eigenvalue weighted by molar-refractivity contribution is 5.85. The fraction of sp³-hybridized carbons (Fsp3) is 0.731. The van der Waals surface area contributed by atoms with Crippen LogP contribution in [0.25, 0.3) is 11.0 Å². The predicted octanol–water partition coefficient (Wildman–Crippen LogP) is 6.07. The summed E-state index contributed by atoms with van der Waals surface area (Å²) in [5.41, 5.74) is 2.97. The maximum Gasteiger partial charge on any atom is 0.114 e. The average Bonchev–Trinajstić information content (AvgIpc) is 3.17. The van der Waals surface area contributed by atoms with Crippen molar-refractivity contribution >= 4 is 23.4 Å². The number of para-hydroxylation sites is 2. The Bertz CT molecular complexity index is 825. The van der Waals surface area contributed by atoms with Gasteiger partial charge in [-0.2, -0.15) is 0 Å². The Morgan fingerprint density at radius 3 is 2.35 bits per heavy atom. The van der Waals surface area contributed by atoms with Crippen molar-refractivity contribution in [1.29, 1.82) is 0 Å². The lowest BCUT2D eigenvalue weighted by Crippen LogP contribution is -2.50. The van der Waals surface area contributed by atoms with Gasteiger partial charge >= 0.3 is 0 Å². The van der Waals surface area contributed by atoms with Crippen molar-refractivity contribution in [3.63, 3.8) is 0 Å². The first kappa shape index (κ1) is 23.1. The van der Waals surface area contributed by atoms with E-state index in [-0.39, 0.29) is 12.4 Å². The zero-order chi connectivity index (χ0) is 20.4. The average molecular weight is 445 g/mol. The van der Waals surface area contributed by atoms with Gasteiger partial charge in [0.05, 0.1) is 11.0 Å². The number of hydrogen-bond acceptors (Lipinski definition) is 3. The number of likely N-dealkylation sites (tertiary alicyclic amines) is 1. The van der Waals surface area contributed by atoms with Crippen LogP contribution in [0.3, 0.4) is 0 Å². The Morgan fingerprint density at radius 2 is 1.65 bits per heavy atom. The highest BCUT2D eigenvalue weighted by Crippen LogP contribution is 2.38. The lowest BCUT2D eigenvalue weighted by atomic mass is 9.82. The van der Waals surface area contributed by atoms with E-state index in [0.717, 1.165) is 13.1 Å². The maximum absolute atomic E-state index is 5.17. The normalized spacial score (nSPS) is 26.2. The minimum absolute atomic E-state index is 0. The highest BCUT2D eigenvalue weighted by atomic mass is 35.5. The van der Waals surface area contributed by atoms with Crippen LogP contribution in [0.2, 0.25) is 0 Å². The molecule has 1 aromatic heterocycles. The van der Waals surface area contributed by atoms with Crippen molar-refractivity contribution in [3.8, 4) is 0 Å². The zero-order valence-corrected chi connectivity index (χ0v) is 20.1. The van der Waals surface area contributed by atoms with Crippen LogP contribution in [0.1, 0.15) is 95.3 Å². The van der Waals surface area contributed by atoms with Gasteiger partial charge in [-0.1, -0.05) is 44.2 Å². The third kappa shape index (κ3) is 4.82.